The van der Waals surface area contributed by atoms with Crippen molar-refractivity contribution in [2.24, 2.45) is 0 Å². The topological polar surface area (TPSA) is 17.1 Å². The summed E-state index contributed by atoms with van der Waals surface area (Å²) < 4.78 is 0. The number of hydrogen-bond donors (Lipinski definition) is 0. The van der Waals surface area contributed by atoms with Gasteiger partial charge in [0.2, 0.25) is 0 Å². The summed E-state index contributed by atoms with van der Waals surface area (Å²) in [5, 5.41) is 0. The molecule has 0 fully saturated rings. The lowest BCUT2D eigenvalue weighted by atomic mass is 10.4. The third kappa shape index (κ3) is 8.02. The molecule has 0 heterocycles. The first kappa shape index (κ1) is 9.02. The van der Waals surface area contributed by atoms with Crippen molar-refractivity contribution in [1.82, 2.24) is 0 Å². The zero-order valence-corrected chi connectivity index (χ0v) is 6.67. The lowest BCUT2D eigenvalue weighted by Gasteiger charge is -1.93. The molecular weight excluding hydrogens is 132 g/mol. The minimum Gasteiger partial charge on any atom is -0.291 e. The molecule has 0 aromatic heterocycles. The van der Waals surface area contributed by atoms with E-state index in [4.69, 9.17) is 0 Å². The maximum absolute atomic E-state index is 9.70. The van der Waals surface area contributed by atoms with Crippen molar-refractivity contribution in [3.63, 3.8) is 0 Å². The van der Waals surface area contributed by atoms with Crippen LogP contribution in [0.15, 0.2) is 0 Å². The third-order valence-electron chi connectivity index (χ3n) is 0.916. The highest BCUT2D eigenvalue weighted by Gasteiger charge is 1.86. The van der Waals surface area contributed by atoms with E-state index in [1.807, 2.05) is 18.0 Å². The van der Waals surface area contributed by atoms with Crippen molar-refractivity contribution in [3.05, 3.63) is 0 Å². The summed E-state index contributed by atoms with van der Waals surface area (Å²) >= 11 is 1.91. The molecule has 0 amide bonds. The SMILES string of the molecule is CCCSCCC[C]=O. The van der Waals surface area contributed by atoms with Crippen molar-refractivity contribution in [1.29, 1.82) is 0 Å². The predicted molar refractivity (Wildman–Crippen MR) is 42.5 cm³/mol. The zero-order valence-electron chi connectivity index (χ0n) is 5.85. The Bertz CT molecular complexity index is 63.9. The molecule has 1 nitrogen and oxygen atoms in total. The van der Waals surface area contributed by atoms with Gasteiger partial charge in [0.1, 0.15) is 0 Å². The molecule has 2 heteroatoms. The van der Waals surface area contributed by atoms with Crippen LogP contribution in [-0.4, -0.2) is 17.8 Å². The lowest BCUT2D eigenvalue weighted by molar-refractivity contribution is 0.550. The van der Waals surface area contributed by atoms with Crippen LogP contribution in [0.4, 0.5) is 0 Å². The maximum Gasteiger partial charge on any atom is 0.198 e. The molecule has 0 aliphatic carbocycles. The fourth-order valence-electron chi connectivity index (χ4n) is 0.493. The van der Waals surface area contributed by atoms with Crippen molar-refractivity contribution in [3.8, 4) is 0 Å². The van der Waals surface area contributed by atoms with Crippen LogP contribution in [-0.2, 0) is 4.79 Å². The van der Waals surface area contributed by atoms with Crippen molar-refractivity contribution >= 4 is 18.0 Å². The fraction of sp³-hybridized carbons (Fsp3) is 0.857. The van der Waals surface area contributed by atoms with E-state index in [-0.39, 0.29) is 0 Å². The van der Waals surface area contributed by atoms with E-state index < -0.39 is 0 Å². The maximum atomic E-state index is 9.70. The Hall–Kier alpha value is 0.0200. The third-order valence-corrected chi connectivity index (χ3v) is 2.19. The molecule has 0 aliphatic rings. The number of thioether (sulfide) groups is 1. The molecule has 0 rings (SSSR count). The van der Waals surface area contributed by atoms with Gasteiger partial charge in [-0.05, 0) is 24.3 Å². The van der Waals surface area contributed by atoms with Crippen LogP contribution in [0.1, 0.15) is 26.2 Å². The van der Waals surface area contributed by atoms with E-state index in [1.165, 1.54) is 12.2 Å². The lowest BCUT2D eigenvalue weighted by Crippen LogP contribution is -1.82. The van der Waals surface area contributed by atoms with E-state index in [2.05, 4.69) is 6.92 Å². The van der Waals surface area contributed by atoms with Crippen LogP contribution < -0.4 is 0 Å². The van der Waals surface area contributed by atoms with Gasteiger partial charge in [-0.1, -0.05) is 6.92 Å². The highest BCUT2D eigenvalue weighted by atomic mass is 32.2. The normalized spacial score (nSPS) is 9.44. The average Bonchev–Trinajstić information content (AvgIpc) is 1.89. The smallest absolute Gasteiger partial charge is 0.198 e. The van der Waals surface area contributed by atoms with Gasteiger partial charge in [-0.25, -0.2) is 0 Å². The molecule has 0 saturated carbocycles. The summed E-state index contributed by atoms with van der Waals surface area (Å²) in [6.45, 7) is 2.17. The molecular formula is C7H13OS. The highest BCUT2D eigenvalue weighted by molar-refractivity contribution is 7.99. The van der Waals surface area contributed by atoms with E-state index >= 15 is 0 Å². The molecule has 9 heavy (non-hydrogen) atoms. The second-order valence-electron chi connectivity index (χ2n) is 1.86. The van der Waals surface area contributed by atoms with Crippen LogP contribution in [0.25, 0.3) is 0 Å². The summed E-state index contributed by atoms with van der Waals surface area (Å²) in [6, 6.07) is 0. The van der Waals surface area contributed by atoms with Gasteiger partial charge in [0.05, 0.1) is 0 Å². The summed E-state index contributed by atoms with van der Waals surface area (Å²) in [6.07, 6.45) is 4.71. The fourth-order valence-corrected chi connectivity index (χ4v) is 1.33. The van der Waals surface area contributed by atoms with Gasteiger partial charge < -0.3 is 0 Å². The van der Waals surface area contributed by atoms with E-state index in [0.717, 1.165) is 12.2 Å². The first-order valence-electron chi connectivity index (χ1n) is 3.34. The zero-order chi connectivity index (χ0) is 6.95. The van der Waals surface area contributed by atoms with Gasteiger partial charge in [-0.15, -0.1) is 0 Å². The standard InChI is InChI=1S/C7H13OS/c1-2-6-9-7-4-3-5-8/h2-4,6-7H2,1H3. The summed E-state index contributed by atoms with van der Waals surface area (Å²) in [5.41, 5.74) is 0. The second-order valence-corrected chi connectivity index (χ2v) is 3.09. The summed E-state index contributed by atoms with van der Waals surface area (Å²) in [5.74, 6) is 2.34. The van der Waals surface area contributed by atoms with Crippen LogP contribution in [0, 0.1) is 0 Å². The first-order chi connectivity index (χ1) is 4.41. The minimum atomic E-state index is 0.608. The Kier molecular flexibility index (Phi) is 8.04. The molecule has 0 aromatic carbocycles. The average molecular weight is 145 g/mol. The first-order valence-corrected chi connectivity index (χ1v) is 4.50. The van der Waals surface area contributed by atoms with Gasteiger partial charge in [-0.2, -0.15) is 11.8 Å². The Labute approximate surface area is 61.2 Å². The van der Waals surface area contributed by atoms with E-state index in [0.29, 0.717) is 6.42 Å². The molecule has 0 saturated heterocycles. The number of carbonyl (C=O) groups excluding carboxylic acids is 1. The van der Waals surface area contributed by atoms with Gasteiger partial charge in [0.25, 0.3) is 0 Å². The van der Waals surface area contributed by atoms with Gasteiger partial charge in [0.15, 0.2) is 6.29 Å². The molecule has 0 spiro atoms. The Morgan fingerprint density at radius 3 is 2.78 bits per heavy atom. The molecule has 53 valence electrons. The predicted octanol–water partition coefficient (Wildman–Crippen LogP) is 2.02. The quantitative estimate of drug-likeness (QED) is 0.532. The molecule has 0 aromatic rings. The monoisotopic (exact) mass is 145 g/mol. The van der Waals surface area contributed by atoms with Crippen molar-refractivity contribution in [2.45, 2.75) is 26.2 Å². The highest BCUT2D eigenvalue weighted by Crippen LogP contribution is 2.04. The minimum absolute atomic E-state index is 0.608. The Morgan fingerprint density at radius 1 is 1.44 bits per heavy atom. The molecule has 0 bridgehead atoms. The van der Waals surface area contributed by atoms with Crippen molar-refractivity contribution < 1.29 is 4.79 Å². The Morgan fingerprint density at radius 2 is 2.22 bits per heavy atom. The number of hydrogen-bond acceptors (Lipinski definition) is 2. The van der Waals surface area contributed by atoms with Crippen LogP contribution in [0.3, 0.4) is 0 Å². The van der Waals surface area contributed by atoms with E-state index in [1.54, 1.807) is 0 Å². The number of rotatable bonds is 6. The Balaban J connectivity index is 2.66. The van der Waals surface area contributed by atoms with Crippen molar-refractivity contribution in [2.75, 3.05) is 11.5 Å². The van der Waals surface area contributed by atoms with Crippen LogP contribution >= 0.6 is 11.8 Å². The number of unbranched alkanes of at least 4 members (excludes halogenated alkanes) is 1. The van der Waals surface area contributed by atoms with Crippen LogP contribution in [0.5, 0.6) is 0 Å². The summed E-state index contributed by atoms with van der Waals surface area (Å²) in [7, 11) is 0. The molecule has 0 aliphatic heterocycles. The van der Waals surface area contributed by atoms with Gasteiger partial charge >= 0.3 is 0 Å². The largest absolute Gasteiger partial charge is 0.291 e. The van der Waals surface area contributed by atoms with Gasteiger partial charge in [0, 0.05) is 6.42 Å². The molecule has 0 unspecified atom stereocenters. The molecule has 0 N–H and O–H groups in total. The molecule has 1 radical (unpaired) electrons. The molecule has 0 atom stereocenters. The summed E-state index contributed by atoms with van der Waals surface area (Å²) in [4.78, 5) is 9.70. The second kappa shape index (κ2) is 8.02. The van der Waals surface area contributed by atoms with Crippen LogP contribution in [0.2, 0.25) is 0 Å². The van der Waals surface area contributed by atoms with Gasteiger partial charge in [-0.3, -0.25) is 4.79 Å². The van der Waals surface area contributed by atoms with E-state index in [9.17, 15) is 4.79 Å².